The molecule has 20 heavy (non-hydrogen) atoms. The van der Waals surface area contributed by atoms with Crippen molar-refractivity contribution < 1.29 is 9.90 Å². The monoisotopic (exact) mass is 268 g/mol. The molecule has 1 aromatic carbocycles. The van der Waals surface area contributed by atoms with Crippen LogP contribution in [0.3, 0.4) is 0 Å². The Morgan fingerprint density at radius 2 is 1.95 bits per heavy atom. The van der Waals surface area contributed by atoms with Gasteiger partial charge in [0.05, 0.1) is 5.69 Å². The Kier molecular flexibility index (Phi) is 2.82. The van der Waals surface area contributed by atoms with E-state index in [2.05, 4.69) is 9.97 Å². The van der Waals surface area contributed by atoms with Gasteiger partial charge in [0, 0.05) is 11.3 Å². The average Bonchev–Trinajstić information content (AvgIpc) is 3.19. The number of rotatable bonds is 3. The summed E-state index contributed by atoms with van der Waals surface area (Å²) in [5, 5.41) is 9.37. The summed E-state index contributed by atoms with van der Waals surface area (Å²) in [7, 11) is 0. The third-order valence-corrected chi connectivity index (χ3v) is 3.76. The molecule has 1 N–H and O–H groups in total. The van der Waals surface area contributed by atoms with Crippen molar-refractivity contribution in [1.29, 1.82) is 0 Å². The number of benzene rings is 1. The van der Waals surface area contributed by atoms with Crippen LogP contribution in [0.5, 0.6) is 0 Å². The van der Waals surface area contributed by atoms with Crippen molar-refractivity contribution in [3.05, 3.63) is 47.4 Å². The van der Waals surface area contributed by atoms with Gasteiger partial charge in [-0.25, -0.2) is 9.97 Å². The van der Waals surface area contributed by atoms with E-state index >= 15 is 0 Å². The highest BCUT2D eigenvalue weighted by Gasteiger charge is 2.54. The zero-order chi connectivity index (χ0) is 14.3. The van der Waals surface area contributed by atoms with E-state index in [4.69, 9.17) is 0 Å². The molecule has 1 aliphatic carbocycles. The molecular formula is C16H16N2O2. The highest BCUT2D eigenvalue weighted by Crippen LogP contribution is 2.47. The second-order valence-corrected chi connectivity index (χ2v) is 5.47. The standard InChI is InChI=1S/C16H16N2O2/c1-10-4-3-5-12(8-10)13-9-11(2)17-14(18-13)16(6-7-16)15(19)20/h3-5,8-9H,6-7H2,1-2H3,(H,19,20). The van der Waals surface area contributed by atoms with Crippen molar-refractivity contribution in [3.8, 4) is 11.3 Å². The second kappa shape index (κ2) is 4.40. The summed E-state index contributed by atoms with van der Waals surface area (Å²) in [6.45, 7) is 3.90. The van der Waals surface area contributed by atoms with Crippen molar-refractivity contribution in [2.45, 2.75) is 32.1 Å². The molecule has 4 heteroatoms. The Morgan fingerprint density at radius 1 is 1.20 bits per heavy atom. The summed E-state index contributed by atoms with van der Waals surface area (Å²) >= 11 is 0. The lowest BCUT2D eigenvalue weighted by atomic mass is 10.0. The summed E-state index contributed by atoms with van der Waals surface area (Å²) in [6.07, 6.45) is 1.25. The Labute approximate surface area is 117 Å². The molecule has 0 spiro atoms. The molecule has 0 saturated heterocycles. The molecule has 0 unspecified atom stereocenters. The summed E-state index contributed by atoms with van der Waals surface area (Å²) < 4.78 is 0. The lowest BCUT2D eigenvalue weighted by Gasteiger charge is -2.11. The number of aromatic nitrogens is 2. The fourth-order valence-corrected chi connectivity index (χ4v) is 2.39. The SMILES string of the molecule is Cc1cccc(-c2cc(C)nc(C3(C(=O)O)CC3)n2)c1. The second-order valence-electron chi connectivity index (χ2n) is 5.47. The first kappa shape index (κ1) is 12.8. The van der Waals surface area contributed by atoms with Crippen molar-refractivity contribution in [2.75, 3.05) is 0 Å². The van der Waals surface area contributed by atoms with E-state index in [0.717, 1.165) is 22.5 Å². The van der Waals surface area contributed by atoms with Crippen LogP contribution in [0.25, 0.3) is 11.3 Å². The topological polar surface area (TPSA) is 63.1 Å². The molecule has 0 amide bonds. The highest BCUT2D eigenvalue weighted by atomic mass is 16.4. The molecule has 1 fully saturated rings. The number of carbonyl (C=O) groups is 1. The predicted octanol–water partition coefficient (Wildman–Crippen LogP) is 2.88. The van der Waals surface area contributed by atoms with E-state index in [0.29, 0.717) is 18.7 Å². The summed E-state index contributed by atoms with van der Waals surface area (Å²) in [4.78, 5) is 20.3. The number of carboxylic acids is 1. The molecule has 1 heterocycles. The minimum atomic E-state index is -0.857. The maximum atomic E-state index is 11.4. The Hall–Kier alpha value is -2.23. The number of hydrogen-bond acceptors (Lipinski definition) is 3. The van der Waals surface area contributed by atoms with Crippen LogP contribution in [0, 0.1) is 13.8 Å². The smallest absolute Gasteiger partial charge is 0.317 e. The Bertz CT molecular complexity index is 691. The summed E-state index contributed by atoms with van der Waals surface area (Å²) in [5.74, 6) is -0.375. The minimum absolute atomic E-state index is 0.446. The van der Waals surface area contributed by atoms with Crippen LogP contribution < -0.4 is 0 Å². The van der Waals surface area contributed by atoms with Crippen molar-refractivity contribution in [2.24, 2.45) is 0 Å². The predicted molar refractivity (Wildman–Crippen MR) is 75.5 cm³/mol. The maximum Gasteiger partial charge on any atom is 0.317 e. The summed E-state index contributed by atoms with van der Waals surface area (Å²) in [5.41, 5.74) is 2.89. The number of aliphatic carboxylic acids is 1. The average molecular weight is 268 g/mol. The largest absolute Gasteiger partial charge is 0.480 e. The fourth-order valence-electron chi connectivity index (χ4n) is 2.39. The molecule has 1 aromatic heterocycles. The van der Waals surface area contributed by atoms with Crippen LogP contribution in [-0.4, -0.2) is 21.0 Å². The van der Waals surface area contributed by atoms with E-state index in [1.807, 2.05) is 44.2 Å². The van der Waals surface area contributed by atoms with Gasteiger partial charge in [-0.3, -0.25) is 4.79 Å². The van der Waals surface area contributed by atoms with Crippen LogP contribution in [0.15, 0.2) is 30.3 Å². The Morgan fingerprint density at radius 3 is 2.55 bits per heavy atom. The molecule has 102 valence electrons. The van der Waals surface area contributed by atoms with Crippen LogP contribution in [0.2, 0.25) is 0 Å². The fraction of sp³-hybridized carbons (Fsp3) is 0.312. The normalized spacial score (nSPS) is 15.9. The quantitative estimate of drug-likeness (QED) is 0.929. The van der Waals surface area contributed by atoms with Crippen LogP contribution in [0.4, 0.5) is 0 Å². The van der Waals surface area contributed by atoms with E-state index < -0.39 is 11.4 Å². The molecular weight excluding hydrogens is 252 g/mol. The third kappa shape index (κ3) is 2.07. The lowest BCUT2D eigenvalue weighted by Crippen LogP contribution is -2.23. The van der Waals surface area contributed by atoms with Gasteiger partial charge in [-0.15, -0.1) is 0 Å². The van der Waals surface area contributed by atoms with Gasteiger partial charge in [0.1, 0.15) is 11.2 Å². The van der Waals surface area contributed by atoms with E-state index in [-0.39, 0.29) is 0 Å². The van der Waals surface area contributed by atoms with Crippen LogP contribution in [0.1, 0.15) is 29.9 Å². The zero-order valence-corrected chi connectivity index (χ0v) is 11.6. The summed E-state index contributed by atoms with van der Waals surface area (Å²) in [6, 6.07) is 9.94. The first-order valence-electron chi connectivity index (χ1n) is 6.68. The Balaban J connectivity index is 2.10. The molecule has 1 aliphatic rings. The molecule has 0 atom stereocenters. The van der Waals surface area contributed by atoms with Crippen molar-refractivity contribution >= 4 is 5.97 Å². The first-order valence-corrected chi connectivity index (χ1v) is 6.68. The molecule has 0 radical (unpaired) electrons. The number of aryl methyl sites for hydroxylation is 2. The van der Waals surface area contributed by atoms with Gasteiger partial charge in [-0.05, 0) is 38.8 Å². The van der Waals surface area contributed by atoms with Crippen LogP contribution >= 0.6 is 0 Å². The molecule has 1 saturated carbocycles. The van der Waals surface area contributed by atoms with Gasteiger partial charge < -0.3 is 5.11 Å². The molecule has 4 nitrogen and oxygen atoms in total. The van der Waals surface area contributed by atoms with Gasteiger partial charge in [0.25, 0.3) is 0 Å². The van der Waals surface area contributed by atoms with Gasteiger partial charge in [0.15, 0.2) is 0 Å². The van der Waals surface area contributed by atoms with Gasteiger partial charge >= 0.3 is 5.97 Å². The van der Waals surface area contributed by atoms with Crippen molar-refractivity contribution in [3.63, 3.8) is 0 Å². The highest BCUT2D eigenvalue weighted by molar-refractivity contribution is 5.83. The van der Waals surface area contributed by atoms with E-state index in [9.17, 15) is 9.90 Å². The van der Waals surface area contributed by atoms with Crippen molar-refractivity contribution in [1.82, 2.24) is 9.97 Å². The third-order valence-electron chi connectivity index (χ3n) is 3.76. The maximum absolute atomic E-state index is 11.4. The molecule has 0 bridgehead atoms. The van der Waals surface area contributed by atoms with Gasteiger partial charge in [0.2, 0.25) is 0 Å². The molecule has 3 rings (SSSR count). The molecule has 2 aromatic rings. The van der Waals surface area contributed by atoms with E-state index in [1.165, 1.54) is 0 Å². The number of hydrogen-bond donors (Lipinski definition) is 1. The zero-order valence-electron chi connectivity index (χ0n) is 11.6. The van der Waals surface area contributed by atoms with Crippen LogP contribution in [-0.2, 0) is 10.2 Å². The van der Waals surface area contributed by atoms with Gasteiger partial charge in [-0.1, -0.05) is 23.8 Å². The minimum Gasteiger partial charge on any atom is -0.480 e. The van der Waals surface area contributed by atoms with E-state index in [1.54, 1.807) is 0 Å². The first-order chi connectivity index (χ1) is 9.51. The number of nitrogens with zero attached hydrogens (tertiary/aromatic N) is 2. The number of carboxylic acid groups (broad SMARTS) is 1. The molecule has 0 aliphatic heterocycles. The van der Waals surface area contributed by atoms with Gasteiger partial charge in [-0.2, -0.15) is 0 Å². The lowest BCUT2D eigenvalue weighted by molar-refractivity contribution is -0.140.